The van der Waals surface area contributed by atoms with Crippen LogP contribution in [0.15, 0.2) is 36.4 Å². The molecule has 0 spiro atoms. The quantitative estimate of drug-likeness (QED) is 0.296. The minimum Gasteiger partial charge on any atom is -0.493 e. The molecule has 194 valence electrons. The summed E-state index contributed by atoms with van der Waals surface area (Å²) < 4.78 is 7.13. The van der Waals surface area contributed by atoms with E-state index in [4.69, 9.17) is 16.3 Å². The summed E-state index contributed by atoms with van der Waals surface area (Å²) in [7, 11) is 4.21. The Kier molecular flexibility index (Phi) is 8.94. The average Bonchev–Trinajstić information content (AvgIpc) is 3.16. The fourth-order valence-corrected chi connectivity index (χ4v) is 6.30. The van der Waals surface area contributed by atoms with Crippen molar-refractivity contribution in [2.45, 2.75) is 39.7 Å². The van der Waals surface area contributed by atoms with Crippen molar-refractivity contribution in [1.82, 2.24) is 15.1 Å². The molecule has 1 aliphatic rings. The minimum absolute atomic E-state index is 0.0727. The molecular weight excluding hydrogens is 490 g/mol. The SMILES string of the molecule is Cc1c(OCCCCN(C)C)ccc(C(C)N2CC(CNC(=O)c3sc4ccccc4c3Cl)C2)c1C. The molecular formula is C29H38ClN3O2S. The zero-order chi connectivity index (χ0) is 25.8. The van der Waals surface area contributed by atoms with E-state index in [0.29, 0.717) is 28.4 Å². The van der Waals surface area contributed by atoms with Gasteiger partial charge in [-0.2, -0.15) is 0 Å². The smallest absolute Gasteiger partial charge is 0.262 e. The number of thiophene rings is 1. The van der Waals surface area contributed by atoms with Crippen LogP contribution in [-0.2, 0) is 0 Å². The van der Waals surface area contributed by atoms with E-state index in [0.717, 1.165) is 54.9 Å². The molecule has 1 N–H and O–H groups in total. The summed E-state index contributed by atoms with van der Waals surface area (Å²) in [4.78, 5) is 18.1. The number of ether oxygens (including phenoxy) is 1. The molecule has 36 heavy (non-hydrogen) atoms. The van der Waals surface area contributed by atoms with E-state index in [1.54, 1.807) is 0 Å². The molecule has 0 bridgehead atoms. The predicted octanol–water partition coefficient (Wildman–Crippen LogP) is 6.31. The lowest BCUT2D eigenvalue weighted by Gasteiger charge is -2.44. The molecule has 1 atom stereocenters. The fraction of sp³-hybridized carbons (Fsp3) is 0.483. The van der Waals surface area contributed by atoms with Crippen molar-refractivity contribution >= 4 is 38.9 Å². The predicted molar refractivity (Wildman–Crippen MR) is 152 cm³/mol. The number of likely N-dealkylation sites (tertiary alicyclic amines) is 1. The second-order valence-electron chi connectivity index (χ2n) is 10.2. The standard InChI is InChI=1S/C29H38ClN3O2S/c1-19-20(2)25(35-15-9-8-14-32(4)5)13-12-23(19)21(3)33-17-22(18-33)16-31-29(34)28-27(30)24-10-6-7-11-26(24)36-28/h6-7,10-13,21-22H,8-9,14-18H2,1-5H3,(H,31,34). The van der Waals surface area contributed by atoms with Crippen molar-refractivity contribution in [3.63, 3.8) is 0 Å². The normalized spacial score (nSPS) is 15.3. The lowest BCUT2D eigenvalue weighted by Crippen LogP contribution is -2.52. The van der Waals surface area contributed by atoms with E-state index in [-0.39, 0.29) is 5.91 Å². The molecule has 0 aliphatic carbocycles. The van der Waals surface area contributed by atoms with Crippen LogP contribution in [0.4, 0.5) is 0 Å². The van der Waals surface area contributed by atoms with Crippen molar-refractivity contribution in [1.29, 1.82) is 0 Å². The van der Waals surface area contributed by atoms with Crippen LogP contribution in [0.2, 0.25) is 5.02 Å². The van der Waals surface area contributed by atoms with Gasteiger partial charge >= 0.3 is 0 Å². The van der Waals surface area contributed by atoms with Gasteiger partial charge in [-0.15, -0.1) is 11.3 Å². The van der Waals surface area contributed by atoms with Crippen LogP contribution in [0.25, 0.3) is 10.1 Å². The third-order valence-electron chi connectivity index (χ3n) is 7.31. The molecule has 2 aromatic carbocycles. The molecule has 5 nitrogen and oxygen atoms in total. The van der Waals surface area contributed by atoms with Crippen molar-refractivity contribution in [3.8, 4) is 5.75 Å². The van der Waals surface area contributed by atoms with Gasteiger partial charge in [0, 0.05) is 41.7 Å². The van der Waals surface area contributed by atoms with Gasteiger partial charge in [0.1, 0.15) is 10.6 Å². The molecule has 1 amide bonds. The lowest BCUT2D eigenvalue weighted by molar-refractivity contribution is 0.0570. The highest BCUT2D eigenvalue weighted by Crippen LogP contribution is 2.36. The first kappa shape index (κ1) is 26.9. The molecule has 1 aromatic heterocycles. The third kappa shape index (κ3) is 6.05. The zero-order valence-electron chi connectivity index (χ0n) is 22.1. The van der Waals surface area contributed by atoms with E-state index in [1.807, 2.05) is 24.3 Å². The number of nitrogens with zero attached hydrogens (tertiary/aromatic N) is 2. The second kappa shape index (κ2) is 12.0. The van der Waals surface area contributed by atoms with Gasteiger partial charge in [0.05, 0.1) is 11.6 Å². The summed E-state index contributed by atoms with van der Waals surface area (Å²) in [5.41, 5.74) is 3.90. The molecule has 2 heterocycles. The summed E-state index contributed by atoms with van der Waals surface area (Å²) in [5, 5.41) is 4.61. The van der Waals surface area contributed by atoms with E-state index in [1.165, 1.54) is 28.0 Å². The first-order chi connectivity index (χ1) is 17.3. The van der Waals surface area contributed by atoms with Crippen LogP contribution in [0, 0.1) is 19.8 Å². The van der Waals surface area contributed by atoms with Gasteiger partial charge < -0.3 is 15.0 Å². The zero-order valence-corrected chi connectivity index (χ0v) is 23.6. The highest BCUT2D eigenvalue weighted by Gasteiger charge is 2.32. The van der Waals surface area contributed by atoms with Crippen LogP contribution < -0.4 is 10.1 Å². The Bertz CT molecular complexity index is 1200. The number of hydrogen-bond acceptors (Lipinski definition) is 5. The van der Waals surface area contributed by atoms with E-state index < -0.39 is 0 Å². The summed E-state index contributed by atoms with van der Waals surface area (Å²) >= 11 is 7.93. The summed E-state index contributed by atoms with van der Waals surface area (Å²) in [6.07, 6.45) is 2.21. The molecule has 0 saturated carbocycles. The van der Waals surface area contributed by atoms with Crippen molar-refractivity contribution < 1.29 is 9.53 Å². The first-order valence-corrected chi connectivity index (χ1v) is 14.0. The number of rotatable bonds is 11. The molecule has 1 saturated heterocycles. The van der Waals surface area contributed by atoms with Crippen LogP contribution >= 0.6 is 22.9 Å². The maximum atomic E-state index is 12.8. The Labute approximate surface area is 224 Å². The molecule has 4 rings (SSSR count). The number of hydrogen-bond donors (Lipinski definition) is 1. The molecule has 3 aromatic rings. The largest absolute Gasteiger partial charge is 0.493 e. The number of benzene rings is 2. The summed E-state index contributed by atoms with van der Waals surface area (Å²) in [6, 6.07) is 12.6. The summed E-state index contributed by atoms with van der Waals surface area (Å²) in [6.45, 7) is 11.1. The third-order valence-corrected chi connectivity index (χ3v) is 8.99. The molecule has 1 aliphatic heterocycles. The minimum atomic E-state index is -0.0727. The van der Waals surface area contributed by atoms with Crippen LogP contribution in [-0.4, -0.2) is 62.6 Å². The first-order valence-electron chi connectivity index (χ1n) is 12.8. The van der Waals surface area contributed by atoms with E-state index in [2.05, 4.69) is 62.1 Å². The maximum Gasteiger partial charge on any atom is 0.262 e. The van der Waals surface area contributed by atoms with E-state index >= 15 is 0 Å². The Hall–Kier alpha value is -2.12. The second-order valence-corrected chi connectivity index (χ2v) is 11.6. The van der Waals surface area contributed by atoms with Gasteiger partial charge in [-0.3, -0.25) is 9.69 Å². The Morgan fingerprint density at radius 2 is 1.92 bits per heavy atom. The molecule has 1 unspecified atom stereocenters. The average molecular weight is 528 g/mol. The highest BCUT2D eigenvalue weighted by atomic mass is 35.5. The Morgan fingerprint density at radius 3 is 2.64 bits per heavy atom. The van der Waals surface area contributed by atoms with Gasteiger partial charge in [0.15, 0.2) is 0 Å². The van der Waals surface area contributed by atoms with Crippen molar-refractivity contribution in [3.05, 3.63) is 63.0 Å². The van der Waals surface area contributed by atoms with Crippen molar-refractivity contribution in [2.75, 3.05) is 46.9 Å². The Morgan fingerprint density at radius 1 is 1.17 bits per heavy atom. The number of unbranched alkanes of at least 4 members (excludes halogenated alkanes) is 1. The highest BCUT2D eigenvalue weighted by molar-refractivity contribution is 7.21. The number of nitrogens with one attached hydrogen (secondary N) is 1. The number of carbonyl (C=O) groups excluding carboxylic acids is 1. The number of amides is 1. The van der Waals surface area contributed by atoms with Crippen molar-refractivity contribution in [2.24, 2.45) is 5.92 Å². The summed E-state index contributed by atoms with van der Waals surface area (Å²) in [5.74, 6) is 1.38. The van der Waals surface area contributed by atoms with Gasteiger partial charge in [0.25, 0.3) is 5.91 Å². The number of halogens is 1. The van der Waals surface area contributed by atoms with Crippen LogP contribution in [0.3, 0.4) is 0 Å². The lowest BCUT2D eigenvalue weighted by atomic mass is 9.91. The van der Waals surface area contributed by atoms with Gasteiger partial charge in [-0.1, -0.05) is 35.9 Å². The monoisotopic (exact) mass is 527 g/mol. The van der Waals surface area contributed by atoms with E-state index in [9.17, 15) is 4.79 Å². The van der Waals surface area contributed by atoms with Gasteiger partial charge in [0.2, 0.25) is 0 Å². The fourth-order valence-electron chi connectivity index (χ4n) is 4.87. The van der Waals surface area contributed by atoms with Crippen LogP contribution in [0.5, 0.6) is 5.75 Å². The van der Waals surface area contributed by atoms with Crippen LogP contribution in [0.1, 0.15) is 52.2 Å². The number of fused-ring (bicyclic) bond motifs is 1. The topological polar surface area (TPSA) is 44.8 Å². The van der Waals surface area contributed by atoms with Gasteiger partial charge in [-0.25, -0.2) is 0 Å². The Balaban J connectivity index is 1.26. The molecule has 0 radical (unpaired) electrons. The van der Waals surface area contributed by atoms with Gasteiger partial charge in [-0.05, 0) is 83.1 Å². The molecule has 7 heteroatoms. The number of carbonyl (C=O) groups is 1. The maximum absolute atomic E-state index is 12.8. The molecule has 1 fully saturated rings.